The predicted octanol–water partition coefficient (Wildman–Crippen LogP) is 3.02. The summed E-state index contributed by atoms with van der Waals surface area (Å²) in [6.07, 6.45) is -0.488. The molecule has 1 fully saturated rings. The number of carbonyl (C=O) groups is 1. The molecule has 150 valence electrons. The molecule has 2 aromatic rings. The van der Waals surface area contributed by atoms with E-state index in [0.29, 0.717) is 6.07 Å². The number of sulfonamides is 1. The van der Waals surface area contributed by atoms with Crippen molar-refractivity contribution in [1.82, 2.24) is 4.31 Å². The normalized spacial score (nSPS) is 20.7. The topological polar surface area (TPSA) is 75.7 Å². The molecule has 0 radical (unpaired) electrons. The van der Waals surface area contributed by atoms with Gasteiger partial charge in [0.2, 0.25) is 10.0 Å². The molecule has 0 aliphatic carbocycles. The molecule has 0 bridgehead atoms. The molecular formula is C19H20F2N2O4S. The zero-order valence-electron chi connectivity index (χ0n) is 15.4. The maximum atomic E-state index is 13.7. The Balaban J connectivity index is 1.84. The number of rotatable bonds is 4. The molecule has 1 N–H and O–H groups in total. The van der Waals surface area contributed by atoms with E-state index >= 15 is 0 Å². The van der Waals surface area contributed by atoms with Crippen LogP contribution in [0, 0.1) is 11.6 Å². The fraction of sp³-hybridized carbons (Fsp3) is 0.316. The Morgan fingerprint density at radius 3 is 2.43 bits per heavy atom. The molecule has 28 heavy (non-hydrogen) atoms. The Morgan fingerprint density at radius 1 is 1.11 bits per heavy atom. The average molecular weight is 410 g/mol. The molecular weight excluding hydrogens is 390 g/mol. The van der Waals surface area contributed by atoms with E-state index in [0.717, 1.165) is 12.1 Å². The molecule has 2 unspecified atom stereocenters. The maximum absolute atomic E-state index is 13.7. The van der Waals surface area contributed by atoms with Gasteiger partial charge in [-0.1, -0.05) is 6.07 Å². The van der Waals surface area contributed by atoms with Gasteiger partial charge in [-0.25, -0.2) is 17.2 Å². The second-order valence-corrected chi connectivity index (χ2v) is 8.62. The third-order valence-electron chi connectivity index (χ3n) is 4.30. The molecule has 1 heterocycles. The van der Waals surface area contributed by atoms with Crippen LogP contribution >= 0.6 is 0 Å². The van der Waals surface area contributed by atoms with Crippen LogP contribution in [0.3, 0.4) is 0 Å². The standard InChI is InChI=1S/C19H20F2N2O4S/c1-12-10-23(11-13(2)27-12)28(25,26)16-5-3-4-14(8-16)19(24)22-18-7-6-15(20)9-17(18)21/h3-9,12-13H,10-11H2,1-2H3,(H,22,24). The number of morpholine rings is 1. The van der Waals surface area contributed by atoms with Crippen molar-refractivity contribution in [1.29, 1.82) is 0 Å². The van der Waals surface area contributed by atoms with E-state index in [1.165, 1.54) is 28.6 Å². The average Bonchev–Trinajstić information content (AvgIpc) is 2.63. The van der Waals surface area contributed by atoms with Gasteiger partial charge in [0.25, 0.3) is 5.91 Å². The molecule has 1 aliphatic heterocycles. The molecule has 0 spiro atoms. The zero-order chi connectivity index (χ0) is 20.5. The lowest BCUT2D eigenvalue weighted by atomic mass is 10.2. The van der Waals surface area contributed by atoms with Crippen molar-refractivity contribution < 1.29 is 26.7 Å². The number of ether oxygens (including phenoxy) is 1. The number of amides is 1. The van der Waals surface area contributed by atoms with Gasteiger partial charge in [-0.15, -0.1) is 0 Å². The number of halogens is 2. The molecule has 2 aromatic carbocycles. The summed E-state index contributed by atoms with van der Waals surface area (Å²) in [5.74, 6) is -2.39. The minimum atomic E-state index is -3.82. The molecule has 0 aromatic heterocycles. The Labute approximate surface area is 162 Å². The van der Waals surface area contributed by atoms with Crippen molar-refractivity contribution in [3.05, 3.63) is 59.7 Å². The van der Waals surface area contributed by atoms with Gasteiger partial charge in [0.05, 0.1) is 22.8 Å². The van der Waals surface area contributed by atoms with Crippen LogP contribution in [0.5, 0.6) is 0 Å². The summed E-state index contributed by atoms with van der Waals surface area (Å²) in [6.45, 7) is 4.01. The predicted molar refractivity (Wildman–Crippen MR) is 99.5 cm³/mol. The number of nitrogens with one attached hydrogen (secondary N) is 1. The summed E-state index contributed by atoms with van der Waals surface area (Å²) in [7, 11) is -3.82. The van der Waals surface area contributed by atoms with Crippen LogP contribution in [0.1, 0.15) is 24.2 Å². The summed E-state index contributed by atoms with van der Waals surface area (Å²) < 4.78 is 59.5. The van der Waals surface area contributed by atoms with Gasteiger partial charge in [-0.2, -0.15) is 4.31 Å². The largest absolute Gasteiger partial charge is 0.373 e. The van der Waals surface area contributed by atoms with Crippen molar-refractivity contribution in [2.45, 2.75) is 31.0 Å². The van der Waals surface area contributed by atoms with Crippen LogP contribution < -0.4 is 5.32 Å². The molecule has 1 saturated heterocycles. The minimum Gasteiger partial charge on any atom is -0.373 e. The number of carbonyl (C=O) groups excluding carboxylic acids is 1. The summed E-state index contributed by atoms with van der Waals surface area (Å²) in [4.78, 5) is 12.4. The van der Waals surface area contributed by atoms with Gasteiger partial charge in [-0.3, -0.25) is 4.79 Å². The van der Waals surface area contributed by atoms with Crippen molar-refractivity contribution in [2.75, 3.05) is 18.4 Å². The van der Waals surface area contributed by atoms with E-state index < -0.39 is 27.6 Å². The van der Waals surface area contributed by atoms with Gasteiger partial charge in [0.1, 0.15) is 11.6 Å². The number of anilines is 1. The molecule has 0 saturated carbocycles. The van der Waals surface area contributed by atoms with E-state index in [4.69, 9.17) is 4.74 Å². The smallest absolute Gasteiger partial charge is 0.255 e. The first-order chi connectivity index (χ1) is 13.2. The molecule has 9 heteroatoms. The van der Waals surface area contributed by atoms with Crippen molar-refractivity contribution >= 4 is 21.6 Å². The number of hydrogen-bond donors (Lipinski definition) is 1. The van der Waals surface area contributed by atoms with Crippen LogP contribution in [0.25, 0.3) is 0 Å². The molecule has 6 nitrogen and oxygen atoms in total. The lowest BCUT2D eigenvalue weighted by molar-refractivity contribution is -0.0440. The third kappa shape index (κ3) is 4.37. The molecule has 1 aliphatic rings. The highest BCUT2D eigenvalue weighted by Crippen LogP contribution is 2.23. The highest BCUT2D eigenvalue weighted by Gasteiger charge is 2.32. The van der Waals surface area contributed by atoms with E-state index in [2.05, 4.69) is 5.32 Å². The van der Waals surface area contributed by atoms with Crippen LogP contribution in [-0.2, 0) is 14.8 Å². The molecule has 3 rings (SSSR count). The summed E-state index contributed by atoms with van der Waals surface area (Å²) in [5.41, 5.74) is -0.158. The Bertz CT molecular complexity index is 987. The van der Waals surface area contributed by atoms with Crippen molar-refractivity contribution in [3.63, 3.8) is 0 Å². The van der Waals surface area contributed by atoms with Crippen molar-refractivity contribution in [2.24, 2.45) is 0 Å². The third-order valence-corrected chi connectivity index (χ3v) is 6.13. The van der Waals surface area contributed by atoms with Crippen LogP contribution in [0.15, 0.2) is 47.4 Å². The van der Waals surface area contributed by atoms with E-state index in [-0.39, 0.29) is 41.4 Å². The van der Waals surface area contributed by atoms with E-state index in [1.54, 1.807) is 13.8 Å². The number of nitrogens with zero attached hydrogens (tertiary/aromatic N) is 1. The van der Waals surface area contributed by atoms with Gasteiger partial charge in [0.15, 0.2) is 0 Å². The van der Waals surface area contributed by atoms with E-state index in [9.17, 15) is 22.0 Å². The fourth-order valence-electron chi connectivity index (χ4n) is 3.06. The van der Waals surface area contributed by atoms with Gasteiger partial charge >= 0.3 is 0 Å². The van der Waals surface area contributed by atoms with E-state index in [1.807, 2.05) is 0 Å². The van der Waals surface area contributed by atoms with Crippen LogP contribution in [0.2, 0.25) is 0 Å². The fourth-order valence-corrected chi connectivity index (χ4v) is 4.70. The Hall–Kier alpha value is -2.36. The second kappa shape index (κ2) is 7.94. The van der Waals surface area contributed by atoms with Gasteiger partial charge in [-0.05, 0) is 44.2 Å². The first-order valence-corrected chi connectivity index (χ1v) is 10.1. The monoisotopic (exact) mass is 410 g/mol. The molecule has 2 atom stereocenters. The zero-order valence-corrected chi connectivity index (χ0v) is 16.2. The Kier molecular flexibility index (Phi) is 5.78. The summed E-state index contributed by atoms with van der Waals surface area (Å²) >= 11 is 0. The maximum Gasteiger partial charge on any atom is 0.255 e. The number of hydrogen-bond acceptors (Lipinski definition) is 4. The van der Waals surface area contributed by atoms with Gasteiger partial charge in [0, 0.05) is 24.7 Å². The minimum absolute atomic E-state index is 0.0407. The van der Waals surface area contributed by atoms with Gasteiger partial charge < -0.3 is 10.1 Å². The Morgan fingerprint density at radius 2 is 1.79 bits per heavy atom. The second-order valence-electron chi connectivity index (χ2n) is 6.69. The number of benzene rings is 2. The highest BCUT2D eigenvalue weighted by molar-refractivity contribution is 7.89. The lowest BCUT2D eigenvalue weighted by Crippen LogP contribution is -2.48. The highest BCUT2D eigenvalue weighted by atomic mass is 32.2. The molecule has 1 amide bonds. The first-order valence-electron chi connectivity index (χ1n) is 8.69. The quantitative estimate of drug-likeness (QED) is 0.841. The summed E-state index contributed by atoms with van der Waals surface area (Å²) in [6, 6.07) is 8.25. The van der Waals surface area contributed by atoms with Crippen molar-refractivity contribution in [3.8, 4) is 0 Å². The lowest BCUT2D eigenvalue weighted by Gasteiger charge is -2.34. The first kappa shape index (κ1) is 20.4. The van der Waals surface area contributed by atoms with Crippen LogP contribution in [-0.4, -0.2) is 43.9 Å². The SMILES string of the molecule is CC1CN(S(=O)(=O)c2cccc(C(=O)Nc3ccc(F)cc3F)c2)CC(C)O1. The summed E-state index contributed by atoms with van der Waals surface area (Å²) in [5, 5.41) is 2.32. The van der Waals surface area contributed by atoms with Crippen LogP contribution in [0.4, 0.5) is 14.5 Å².